The summed E-state index contributed by atoms with van der Waals surface area (Å²) in [5.74, 6) is 0.625. The van der Waals surface area contributed by atoms with Crippen molar-refractivity contribution in [3.63, 3.8) is 0 Å². The molecule has 0 aliphatic heterocycles. The van der Waals surface area contributed by atoms with Gasteiger partial charge in [0.15, 0.2) is 0 Å². The average Bonchev–Trinajstić information content (AvgIpc) is 2.77. The predicted molar refractivity (Wildman–Crippen MR) is 127 cm³/mol. The van der Waals surface area contributed by atoms with Gasteiger partial charge in [-0.25, -0.2) is 0 Å². The average molecular weight is 430 g/mol. The molecule has 0 saturated heterocycles. The Morgan fingerprint density at radius 2 is 1.35 bits per heavy atom. The van der Waals surface area contributed by atoms with E-state index in [9.17, 15) is 14.4 Å². The molecule has 0 fully saturated rings. The number of unbranched alkanes of at least 4 members (excludes halogenated alkanes) is 1. The van der Waals surface area contributed by atoms with Crippen LogP contribution in [0.25, 0.3) is 32.3 Å². The molecule has 0 atom stereocenters. The van der Waals surface area contributed by atoms with Crippen LogP contribution in [0.15, 0.2) is 78.9 Å². The fourth-order valence-electron chi connectivity index (χ4n) is 4.36. The van der Waals surface area contributed by atoms with Crippen LogP contribution in [0, 0.1) is 0 Å². The Hall–Kier alpha value is -2.91. The number of hydrogen-bond donors (Lipinski definition) is 2. The Bertz CT molecular complexity index is 1390. The van der Waals surface area contributed by atoms with Crippen LogP contribution in [-0.4, -0.2) is 16.4 Å². The molecule has 5 heteroatoms. The first kappa shape index (κ1) is 20.0. The largest absolute Gasteiger partial charge is 0.494 e. The number of hydrogen-bond acceptors (Lipinski definition) is 2. The zero-order valence-corrected chi connectivity index (χ0v) is 17.9. The summed E-state index contributed by atoms with van der Waals surface area (Å²) in [6, 6.07) is 25.9. The molecule has 0 saturated carbocycles. The molecule has 0 aliphatic carbocycles. The molecule has 0 aliphatic rings. The molecule has 2 N–H and O–H groups in total. The summed E-state index contributed by atoms with van der Waals surface area (Å²) in [5.41, 5.74) is 1.36. The molecular formula is C26H23O4P. The van der Waals surface area contributed by atoms with Gasteiger partial charge in [0.25, 0.3) is 0 Å². The van der Waals surface area contributed by atoms with Crippen LogP contribution < -0.4 is 10.0 Å². The van der Waals surface area contributed by atoms with Crippen LogP contribution >= 0.6 is 7.60 Å². The first-order valence-corrected chi connectivity index (χ1v) is 12.1. The zero-order valence-electron chi connectivity index (χ0n) is 17.0. The fraction of sp³-hybridized carbons (Fsp3) is 0.154. The van der Waals surface area contributed by atoms with Crippen molar-refractivity contribution in [3.05, 3.63) is 84.4 Å². The normalized spacial score (nSPS) is 12.2. The standard InChI is InChI=1S/C26H23O4P/c27-31(28,29)23-14-12-22(13-15-23)30-17-2-1-4-18-7-8-21-10-9-19-5-3-6-20-11-16-24(18)26(21)25(19)20/h3,5-16H,1-2,4,17H2,(H2,27,28,29). The molecule has 0 bridgehead atoms. The monoisotopic (exact) mass is 430 g/mol. The summed E-state index contributed by atoms with van der Waals surface area (Å²) in [6.07, 6.45) is 2.89. The van der Waals surface area contributed by atoms with Gasteiger partial charge < -0.3 is 14.5 Å². The summed E-state index contributed by atoms with van der Waals surface area (Å²) >= 11 is 0. The summed E-state index contributed by atoms with van der Waals surface area (Å²) in [6.45, 7) is 0.571. The van der Waals surface area contributed by atoms with Gasteiger partial charge in [-0.3, -0.25) is 4.57 Å². The second kappa shape index (κ2) is 7.97. The van der Waals surface area contributed by atoms with E-state index in [-0.39, 0.29) is 5.30 Å². The van der Waals surface area contributed by atoms with E-state index in [1.54, 1.807) is 12.1 Å². The van der Waals surface area contributed by atoms with E-state index in [0.717, 1.165) is 19.3 Å². The maximum Gasteiger partial charge on any atom is 0.356 e. The third-order valence-corrected chi connectivity index (χ3v) is 6.87. The van der Waals surface area contributed by atoms with Gasteiger partial charge in [0.1, 0.15) is 5.75 Å². The van der Waals surface area contributed by atoms with Gasteiger partial charge >= 0.3 is 7.60 Å². The highest BCUT2D eigenvalue weighted by atomic mass is 31.2. The van der Waals surface area contributed by atoms with Crippen molar-refractivity contribution in [2.45, 2.75) is 19.3 Å². The predicted octanol–water partition coefficient (Wildman–Crippen LogP) is 5.79. The molecule has 0 unspecified atom stereocenters. The third kappa shape index (κ3) is 3.90. The van der Waals surface area contributed by atoms with Crippen molar-refractivity contribution in [2.75, 3.05) is 6.61 Å². The van der Waals surface area contributed by atoms with Crippen molar-refractivity contribution >= 4 is 45.2 Å². The number of rotatable bonds is 7. The SMILES string of the molecule is O=P(O)(O)c1ccc(OCCCCc2ccc3ccc4cccc5ccc2c3c45)cc1. The number of aryl methyl sites for hydroxylation is 1. The van der Waals surface area contributed by atoms with Gasteiger partial charge in [0.2, 0.25) is 0 Å². The second-order valence-electron chi connectivity index (χ2n) is 7.92. The van der Waals surface area contributed by atoms with E-state index in [0.29, 0.717) is 12.4 Å². The Kier molecular flexibility index (Phi) is 5.15. The van der Waals surface area contributed by atoms with Crippen LogP contribution in [0.4, 0.5) is 0 Å². The fourth-order valence-corrected chi connectivity index (χ4v) is 4.90. The van der Waals surface area contributed by atoms with Crippen molar-refractivity contribution < 1.29 is 19.1 Å². The van der Waals surface area contributed by atoms with E-state index < -0.39 is 7.60 Å². The highest BCUT2D eigenvalue weighted by Gasteiger charge is 2.16. The number of ether oxygens (including phenoxy) is 1. The summed E-state index contributed by atoms with van der Waals surface area (Å²) in [4.78, 5) is 18.3. The van der Waals surface area contributed by atoms with Crippen LogP contribution in [-0.2, 0) is 11.0 Å². The quantitative estimate of drug-likeness (QED) is 0.195. The van der Waals surface area contributed by atoms with Crippen LogP contribution in [0.3, 0.4) is 0 Å². The van der Waals surface area contributed by atoms with Crippen LogP contribution in [0.2, 0.25) is 0 Å². The molecule has 5 rings (SSSR count). The summed E-state index contributed by atoms with van der Waals surface area (Å²) < 4.78 is 17.0. The molecule has 0 heterocycles. The highest BCUT2D eigenvalue weighted by molar-refractivity contribution is 7.60. The summed E-state index contributed by atoms with van der Waals surface area (Å²) in [5, 5.41) is 7.89. The van der Waals surface area contributed by atoms with Gasteiger partial charge in [0.05, 0.1) is 11.9 Å². The lowest BCUT2D eigenvalue weighted by molar-refractivity contribution is 0.307. The van der Waals surface area contributed by atoms with Crippen molar-refractivity contribution in [2.24, 2.45) is 0 Å². The molecule has 5 aromatic rings. The first-order valence-electron chi connectivity index (χ1n) is 10.4. The first-order chi connectivity index (χ1) is 15.0. The van der Waals surface area contributed by atoms with Gasteiger partial charge in [-0.1, -0.05) is 54.6 Å². The van der Waals surface area contributed by atoms with Crippen molar-refractivity contribution in [1.29, 1.82) is 0 Å². The molecule has 0 amide bonds. The van der Waals surface area contributed by atoms with Gasteiger partial charge in [-0.15, -0.1) is 0 Å². The van der Waals surface area contributed by atoms with E-state index in [1.165, 1.54) is 50.0 Å². The zero-order chi connectivity index (χ0) is 21.4. The van der Waals surface area contributed by atoms with E-state index >= 15 is 0 Å². The van der Waals surface area contributed by atoms with E-state index in [1.807, 2.05) is 0 Å². The van der Waals surface area contributed by atoms with Crippen molar-refractivity contribution in [1.82, 2.24) is 0 Å². The molecule has 0 radical (unpaired) electrons. The molecule has 0 aromatic heterocycles. The maximum atomic E-state index is 11.2. The number of benzene rings is 5. The van der Waals surface area contributed by atoms with Gasteiger partial charge in [0, 0.05) is 0 Å². The van der Waals surface area contributed by atoms with E-state index in [2.05, 4.69) is 54.6 Å². The lowest BCUT2D eigenvalue weighted by Gasteiger charge is -2.14. The Morgan fingerprint density at radius 1 is 0.710 bits per heavy atom. The minimum absolute atomic E-state index is 0.00820. The van der Waals surface area contributed by atoms with Crippen molar-refractivity contribution in [3.8, 4) is 5.75 Å². The van der Waals surface area contributed by atoms with Gasteiger partial charge in [-0.2, -0.15) is 0 Å². The Balaban J connectivity index is 1.27. The lowest BCUT2D eigenvalue weighted by atomic mass is 9.91. The highest BCUT2D eigenvalue weighted by Crippen LogP contribution is 2.36. The van der Waals surface area contributed by atoms with Gasteiger partial charge in [-0.05, 0) is 81.4 Å². The molecule has 31 heavy (non-hydrogen) atoms. The smallest absolute Gasteiger partial charge is 0.356 e. The lowest BCUT2D eigenvalue weighted by Crippen LogP contribution is -2.04. The molecule has 0 spiro atoms. The second-order valence-corrected chi connectivity index (χ2v) is 9.53. The minimum atomic E-state index is -4.21. The summed E-state index contributed by atoms with van der Waals surface area (Å²) in [7, 11) is -4.21. The molecular weight excluding hydrogens is 407 g/mol. The van der Waals surface area contributed by atoms with E-state index in [4.69, 9.17) is 4.74 Å². The molecule has 156 valence electrons. The topological polar surface area (TPSA) is 66.8 Å². The maximum absolute atomic E-state index is 11.2. The van der Waals surface area contributed by atoms with Crippen LogP contribution in [0.5, 0.6) is 5.75 Å². The minimum Gasteiger partial charge on any atom is -0.494 e. The third-order valence-electron chi connectivity index (χ3n) is 5.90. The molecule has 5 aromatic carbocycles. The molecule has 4 nitrogen and oxygen atoms in total. The van der Waals surface area contributed by atoms with Crippen LogP contribution in [0.1, 0.15) is 18.4 Å². The Labute approximate surface area is 180 Å². The Morgan fingerprint density at radius 3 is 2.06 bits per heavy atom.